The summed E-state index contributed by atoms with van der Waals surface area (Å²) in [4.78, 5) is 8.56. The molecule has 90 valence electrons. The van der Waals surface area contributed by atoms with Crippen LogP contribution in [0.1, 0.15) is 19.8 Å². The van der Waals surface area contributed by atoms with Gasteiger partial charge in [-0.2, -0.15) is 11.8 Å². The Morgan fingerprint density at radius 3 is 2.50 bits per heavy atom. The molecule has 0 fully saturated rings. The van der Waals surface area contributed by atoms with Crippen molar-refractivity contribution in [2.75, 3.05) is 35.7 Å². The minimum absolute atomic E-state index is 0.844. The molecule has 1 aromatic rings. The lowest BCUT2D eigenvalue weighted by Crippen LogP contribution is -2.07. The molecular formula is C11H20N4S. The van der Waals surface area contributed by atoms with Gasteiger partial charge >= 0.3 is 0 Å². The molecule has 0 bridgehead atoms. The Morgan fingerprint density at radius 1 is 1.19 bits per heavy atom. The summed E-state index contributed by atoms with van der Waals surface area (Å²) in [7, 11) is 0. The van der Waals surface area contributed by atoms with Gasteiger partial charge in [-0.25, -0.2) is 4.98 Å². The van der Waals surface area contributed by atoms with Gasteiger partial charge in [0.2, 0.25) is 0 Å². The highest BCUT2D eigenvalue weighted by Crippen LogP contribution is 2.06. The van der Waals surface area contributed by atoms with Crippen LogP contribution in [0.5, 0.6) is 0 Å². The van der Waals surface area contributed by atoms with Crippen molar-refractivity contribution in [1.29, 1.82) is 0 Å². The van der Waals surface area contributed by atoms with Crippen LogP contribution in [0.2, 0.25) is 0 Å². The van der Waals surface area contributed by atoms with E-state index in [1.807, 2.05) is 11.8 Å². The van der Waals surface area contributed by atoms with Crippen molar-refractivity contribution in [2.45, 2.75) is 19.8 Å². The van der Waals surface area contributed by atoms with E-state index < -0.39 is 0 Å². The fourth-order valence-electron chi connectivity index (χ4n) is 1.22. The van der Waals surface area contributed by atoms with Crippen molar-refractivity contribution in [3.05, 3.63) is 12.4 Å². The van der Waals surface area contributed by atoms with Crippen LogP contribution in [0.4, 0.5) is 11.6 Å². The standard InChI is InChI=1S/C11H20N4S/c1-3-5-13-10-8-12-9-11(15-10)14-6-4-7-16-2/h8-9H,3-7H2,1-2H3,(H2,13,14,15). The predicted octanol–water partition coefficient (Wildman–Crippen LogP) is 2.46. The van der Waals surface area contributed by atoms with Gasteiger partial charge in [-0.15, -0.1) is 0 Å². The van der Waals surface area contributed by atoms with Crippen molar-refractivity contribution in [3.8, 4) is 0 Å². The van der Waals surface area contributed by atoms with Crippen molar-refractivity contribution >= 4 is 23.4 Å². The maximum Gasteiger partial charge on any atom is 0.146 e. The lowest BCUT2D eigenvalue weighted by molar-refractivity contribution is 0.953. The number of aromatic nitrogens is 2. The van der Waals surface area contributed by atoms with Crippen molar-refractivity contribution < 1.29 is 0 Å². The van der Waals surface area contributed by atoms with E-state index in [2.05, 4.69) is 33.8 Å². The smallest absolute Gasteiger partial charge is 0.146 e. The molecule has 0 unspecified atom stereocenters. The largest absolute Gasteiger partial charge is 0.369 e. The first-order chi connectivity index (χ1) is 7.86. The zero-order valence-corrected chi connectivity index (χ0v) is 10.8. The highest BCUT2D eigenvalue weighted by molar-refractivity contribution is 7.98. The summed E-state index contributed by atoms with van der Waals surface area (Å²) in [6.45, 7) is 4.02. The molecule has 0 radical (unpaired) electrons. The summed E-state index contributed by atoms with van der Waals surface area (Å²) < 4.78 is 0. The topological polar surface area (TPSA) is 49.8 Å². The molecule has 2 N–H and O–H groups in total. The number of thioether (sulfide) groups is 1. The van der Waals surface area contributed by atoms with E-state index in [0.29, 0.717) is 0 Å². The molecule has 0 amide bonds. The molecule has 0 aliphatic carbocycles. The lowest BCUT2D eigenvalue weighted by atomic mass is 10.4. The van der Waals surface area contributed by atoms with Crippen LogP contribution in [0.25, 0.3) is 0 Å². The first-order valence-corrected chi connectivity index (χ1v) is 7.05. The Labute approximate surface area is 102 Å². The summed E-state index contributed by atoms with van der Waals surface area (Å²) in [5.41, 5.74) is 0. The van der Waals surface area contributed by atoms with Crippen LogP contribution in [0.3, 0.4) is 0 Å². The van der Waals surface area contributed by atoms with E-state index in [-0.39, 0.29) is 0 Å². The second-order valence-electron chi connectivity index (χ2n) is 3.49. The fraction of sp³-hybridized carbons (Fsp3) is 0.636. The van der Waals surface area contributed by atoms with Crippen LogP contribution in [-0.2, 0) is 0 Å². The van der Waals surface area contributed by atoms with E-state index in [1.54, 1.807) is 12.4 Å². The number of hydrogen-bond acceptors (Lipinski definition) is 5. The number of rotatable bonds is 8. The molecule has 5 heteroatoms. The average Bonchev–Trinajstić information content (AvgIpc) is 2.33. The van der Waals surface area contributed by atoms with Crippen LogP contribution >= 0.6 is 11.8 Å². The molecule has 0 aromatic carbocycles. The Kier molecular flexibility index (Phi) is 6.72. The molecule has 1 aromatic heterocycles. The van der Waals surface area contributed by atoms with E-state index in [0.717, 1.165) is 37.6 Å². The van der Waals surface area contributed by atoms with Gasteiger partial charge in [0.05, 0.1) is 12.4 Å². The van der Waals surface area contributed by atoms with Gasteiger partial charge in [-0.3, -0.25) is 4.98 Å². The van der Waals surface area contributed by atoms with E-state index in [1.165, 1.54) is 5.75 Å². The summed E-state index contributed by atoms with van der Waals surface area (Å²) in [5.74, 6) is 2.87. The first-order valence-electron chi connectivity index (χ1n) is 5.65. The Morgan fingerprint density at radius 2 is 1.88 bits per heavy atom. The minimum atomic E-state index is 0.844. The van der Waals surface area contributed by atoms with E-state index in [9.17, 15) is 0 Å². The molecule has 0 saturated carbocycles. The number of nitrogens with zero attached hydrogens (tertiary/aromatic N) is 2. The van der Waals surface area contributed by atoms with Gasteiger partial charge in [0.15, 0.2) is 0 Å². The van der Waals surface area contributed by atoms with Gasteiger partial charge < -0.3 is 10.6 Å². The third-order valence-electron chi connectivity index (χ3n) is 2.02. The van der Waals surface area contributed by atoms with Crippen molar-refractivity contribution in [2.24, 2.45) is 0 Å². The Balaban J connectivity index is 2.35. The molecule has 0 spiro atoms. The zero-order valence-electron chi connectivity index (χ0n) is 9.99. The third kappa shape index (κ3) is 5.21. The molecule has 1 heterocycles. The predicted molar refractivity (Wildman–Crippen MR) is 72.3 cm³/mol. The first kappa shape index (κ1) is 13.1. The molecule has 0 saturated heterocycles. The summed E-state index contributed by atoms with van der Waals surface area (Å²) in [5, 5.41) is 6.49. The van der Waals surface area contributed by atoms with Gasteiger partial charge in [-0.1, -0.05) is 6.92 Å². The monoisotopic (exact) mass is 240 g/mol. The number of nitrogens with one attached hydrogen (secondary N) is 2. The van der Waals surface area contributed by atoms with E-state index in [4.69, 9.17) is 0 Å². The molecular weight excluding hydrogens is 220 g/mol. The third-order valence-corrected chi connectivity index (χ3v) is 2.72. The van der Waals surface area contributed by atoms with Crippen LogP contribution in [0.15, 0.2) is 12.4 Å². The minimum Gasteiger partial charge on any atom is -0.369 e. The van der Waals surface area contributed by atoms with Crippen LogP contribution < -0.4 is 10.6 Å². The average molecular weight is 240 g/mol. The molecule has 0 aliphatic heterocycles. The van der Waals surface area contributed by atoms with Gasteiger partial charge in [0.25, 0.3) is 0 Å². The second kappa shape index (κ2) is 8.21. The molecule has 0 aliphatic rings. The van der Waals surface area contributed by atoms with Gasteiger partial charge in [0.1, 0.15) is 11.6 Å². The fourth-order valence-corrected chi connectivity index (χ4v) is 1.66. The zero-order chi connectivity index (χ0) is 11.6. The highest BCUT2D eigenvalue weighted by atomic mass is 32.2. The number of anilines is 2. The summed E-state index contributed by atoms with van der Waals surface area (Å²) >= 11 is 1.86. The molecule has 4 nitrogen and oxygen atoms in total. The SMILES string of the molecule is CCCNc1cncc(NCCCSC)n1. The maximum absolute atomic E-state index is 4.42. The highest BCUT2D eigenvalue weighted by Gasteiger charge is 1.97. The molecule has 0 atom stereocenters. The van der Waals surface area contributed by atoms with Crippen molar-refractivity contribution in [1.82, 2.24) is 9.97 Å². The maximum atomic E-state index is 4.42. The summed E-state index contributed by atoms with van der Waals surface area (Å²) in [6.07, 6.45) is 7.87. The molecule has 16 heavy (non-hydrogen) atoms. The number of hydrogen-bond donors (Lipinski definition) is 2. The quantitative estimate of drug-likeness (QED) is 0.684. The van der Waals surface area contributed by atoms with Crippen molar-refractivity contribution in [3.63, 3.8) is 0 Å². The normalized spacial score (nSPS) is 10.1. The van der Waals surface area contributed by atoms with E-state index >= 15 is 0 Å². The van der Waals surface area contributed by atoms with Gasteiger partial charge in [-0.05, 0) is 24.9 Å². The summed E-state index contributed by atoms with van der Waals surface area (Å²) in [6, 6.07) is 0. The van der Waals surface area contributed by atoms with Crippen LogP contribution in [-0.4, -0.2) is 35.1 Å². The van der Waals surface area contributed by atoms with Crippen LogP contribution in [0, 0.1) is 0 Å². The second-order valence-corrected chi connectivity index (χ2v) is 4.48. The lowest BCUT2D eigenvalue weighted by Gasteiger charge is -2.07. The molecule has 1 rings (SSSR count). The Hall–Kier alpha value is -0.970. The van der Waals surface area contributed by atoms with Gasteiger partial charge in [0, 0.05) is 13.1 Å². The Bertz CT molecular complexity index is 293.